The van der Waals surface area contributed by atoms with E-state index >= 15 is 0 Å². The second kappa shape index (κ2) is 4.73. The molecule has 0 saturated heterocycles. The molecule has 106 valence electrons. The van der Waals surface area contributed by atoms with Crippen LogP contribution in [-0.4, -0.2) is 9.97 Å². The summed E-state index contributed by atoms with van der Waals surface area (Å²) in [6.07, 6.45) is -4.48. The molecule has 0 amide bonds. The number of hydrogen-bond acceptors (Lipinski definition) is 3. The minimum absolute atomic E-state index is 0.0228. The van der Waals surface area contributed by atoms with E-state index in [0.29, 0.717) is 11.0 Å². The number of nitrogen functional groups attached to an aromatic ring is 1. The molecule has 0 atom stereocenters. The zero-order valence-corrected chi connectivity index (χ0v) is 10.7. The van der Waals surface area contributed by atoms with Crippen molar-refractivity contribution in [2.75, 3.05) is 5.73 Å². The van der Waals surface area contributed by atoms with Crippen LogP contribution in [0.5, 0.6) is 0 Å². The zero-order valence-electron chi connectivity index (χ0n) is 10.7. The Hall–Kier alpha value is -2.63. The van der Waals surface area contributed by atoms with Gasteiger partial charge in [0.1, 0.15) is 5.69 Å². The van der Waals surface area contributed by atoms with Crippen LogP contribution in [0.2, 0.25) is 0 Å². The Morgan fingerprint density at radius 2 is 1.38 bits per heavy atom. The van der Waals surface area contributed by atoms with Crippen molar-refractivity contribution in [2.24, 2.45) is 0 Å². The number of hydrogen-bond donors (Lipinski definition) is 1. The molecule has 3 aromatic rings. The highest BCUT2D eigenvalue weighted by Gasteiger charge is 2.34. The molecule has 0 aliphatic heterocycles. The van der Waals surface area contributed by atoms with Crippen molar-refractivity contribution in [3.63, 3.8) is 0 Å². The minimum atomic E-state index is -4.48. The van der Waals surface area contributed by atoms with Gasteiger partial charge < -0.3 is 5.73 Å². The van der Waals surface area contributed by atoms with Gasteiger partial charge in [-0.25, -0.2) is 9.97 Å². The minimum Gasteiger partial charge on any atom is -0.382 e. The Labute approximate surface area is 118 Å². The number of nitrogens with zero attached hydrogens (tertiary/aromatic N) is 2. The molecule has 21 heavy (non-hydrogen) atoms. The van der Waals surface area contributed by atoms with Crippen LogP contribution in [0, 0.1) is 0 Å². The summed E-state index contributed by atoms with van der Waals surface area (Å²) in [5.74, 6) is -0.0228. The number of fused-ring (bicyclic) bond motifs is 1. The first-order valence-corrected chi connectivity index (χ1v) is 6.15. The predicted octanol–water partition coefficient (Wildman–Crippen LogP) is 3.90. The van der Waals surface area contributed by atoms with E-state index in [1.165, 1.54) is 18.2 Å². The summed E-state index contributed by atoms with van der Waals surface area (Å²) >= 11 is 0. The van der Waals surface area contributed by atoms with Crippen molar-refractivity contribution in [1.82, 2.24) is 9.97 Å². The van der Waals surface area contributed by atoms with Crippen molar-refractivity contribution in [3.05, 3.63) is 54.1 Å². The van der Waals surface area contributed by atoms with Crippen LogP contribution in [0.15, 0.2) is 48.5 Å². The highest BCUT2D eigenvalue weighted by molar-refractivity contribution is 5.83. The fourth-order valence-corrected chi connectivity index (χ4v) is 2.15. The number of aromatic nitrogens is 2. The Balaban J connectivity index is 2.28. The molecule has 2 N–H and O–H groups in total. The maximum Gasteiger partial charge on any atom is 0.417 e. The average molecular weight is 289 g/mol. The second-order valence-electron chi connectivity index (χ2n) is 4.49. The van der Waals surface area contributed by atoms with E-state index in [0.717, 1.165) is 6.07 Å². The summed E-state index contributed by atoms with van der Waals surface area (Å²) in [5, 5.41) is 0. The SMILES string of the molecule is Nc1nc2ccccc2nc1-c1ccccc1C(F)(F)F. The molecule has 0 unspecified atom stereocenters. The fourth-order valence-electron chi connectivity index (χ4n) is 2.15. The summed E-state index contributed by atoms with van der Waals surface area (Å²) in [4.78, 5) is 8.35. The first-order valence-electron chi connectivity index (χ1n) is 6.15. The van der Waals surface area contributed by atoms with Crippen molar-refractivity contribution in [3.8, 4) is 11.3 Å². The number of halogens is 3. The highest BCUT2D eigenvalue weighted by atomic mass is 19.4. The van der Waals surface area contributed by atoms with Crippen LogP contribution in [0.25, 0.3) is 22.3 Å². The molecule has 0 aliphatic rings. The monoisotopic (exact) mass is 289 g/mol. The van der Waals surface area contributed by atoms with E-state index in [-0.39, 0.29) is 17.1 Å². The number of anilines is 1. The van der Waals surface area contributed by atoms with Crippen LogP contribution in [-0.2, 0) is 6.18 Å². The van der Waals surface area contributed by atoms with E-state index in [2.05, 4.69) is 9.97 Å². The molecule has 0 radical (unpaired) electrons. The lowest BCUT2D eigenvalue weighted by atomic mass is 10.0. The van der Waals surface area contributed by atoms with E-state index in [9.17, 15) is 13.2 Å². The summed E-state index contributed by atoms with van der Waals surface area (Å²) in [5.41, 5.74) is 6.03. The van der Waals surface area contributed by atoms with Crippen molar-refractivity contribution in [1.29, 1.82) is 0 Å². The Kier molecular flexibility index (Phi) is 3.01. The Bertz CT molecular complexity index is 813. The Morgan fingerprint density at radius 3 is 2.05 bits per heavy atom. The third-order valence-electron chi connectivity index (χ3n) is 3.09. The van der Waals surface area contributed by atoms with Gasteiger partial charge in [0.15, 0.2) is 5.82 Å². The number of para-hydroxylation sites is 2. The van der Waals surface area contributed by atoms with Gasteiger partial charge in [-0.15, -0.1) is 0 Å². The zero-order chi connectivity index (χ0) is 15.0. The van der Waals surface area contributed by atoms with Gasteiger partial charge in [-0.1, -0.05) is 30.3 Å². The smallest absolute Gasteiger partial charge is 0.382 e. The summed E-state index contributed by atoms with van der Waals surface area (Å²) in [6, 6.07) is 12.1. The molecule has 3 rings (SSSR count). The maximum absolute atomic E-state index is 13.1. The van der Waals surface area contributed by atoms with E-state index in [4.69, 9.17) is 5.73 Å². The highest BCUT2D eigenvalue weighted by Crippen LogP contribution is 2.37. The van der Waals surface area contributed by atoms with Gasteiger partial charge in [-0.05, 0) is 18.2 Å². The average Bonchev–Trinajstić information content (AvgIpc) is 2.45. The van der Waals surface area contributed by atoms with Gasteiger partial charge in [0.2, 0.25) is 0 Å². The molecule has 0 saturated carbocycles. The molecule has 1 heterocycles. The molecule has 0 spiro atoms. The quantitative estimate of drug-likeness (QED) is 0.739. The third-order valence-corrected chi connectivity index (χ3v) is 3.09. The number of rotatable bonds is 1. The number of benzene rings is 2. The van der Waals surface area contributed by atoms with Crippen LogP contribution in [0.1, 0.15) is 5.56 Å². The first-order chi connectivity index (χ1) is 9.97. The number of alkyl halides is 3. The molecular weight excluding hydrogens is 279 g/mol. The molecular formula is C15H10F3N3. The van der Waals surface area contributed by atoms with Crippen LogP contribution >= 0.6 is 0 Å². The standard InChI is InChI=1S/C15H10F3N3/c16-15(17,18)10-6-2-1-5-9(10)13-14(19)21-12-8-4-3-7-11(12)20-13/h1-8H,(H2,19,21). The van der Waals surface area contributed by atoms with Crippen LogP contribution in [0.4, 0.5) is 19.0 Å². The van der Waals surface area contributed by atoms with Crippen LogP contribution in [0.3, 0.4) is 0 Å². The van der Waals surface area contributed by atoms with E-state index < -0.39 is 11.7 Å². The first kappa shape index (κ1) is 13.4. The van der Waals surface area contributed by atoms with Crippen molar-refractivity contribution in [2.45, 2.75) is 6.18 Å². The third kappa shape index (κ3) is 2.40. The maximum atomic E-state index is 13.1. The lowest BCUT2D eigenvalue weighted by molar-refractivity contribution is -0.137. The molecule has 0 fully saturated rings. The number of nitrogens with two attached hydrogens (primary N) is 1. The van der Waals surface area contributed by atoms with Gasteiger partial charge in [0, 0.05) is 5.56 Å². The largest absolute Gasteiger partial charge is 0.417 e. The van der Waals surface area contributed by atoms with Gasteiger partial charge in [-0.2, -0.15) is 13.2 Å². The lowest BCUT2D eigenvalue weighted by Gasteiger charge is -2.13. The van der Waals surface area contributed by atoms with Crippen molar-refractivity contribution >= 4 is 16.9 Å². The molecule has 1 aromatic heterocycles. The topological polar surface area (TPSA) is 51.8 Å². The molecule has 0 bridgehead atoms. The normalized spacial score (nSPS) is 11.8. The Morgan fingerprint density at radius 1 is 0.810 bits per heavy atom. The molecule has 2 aromatic carbocycles. The van der Waals surface area contributed by atoms with Crippen molar-refractivity contribution < 1.29 is 13.2 Å². The fraction of sp³-hybridized carbons (Fsp3) is 0.0667. The molecule has 0 aliphatic carbocycles. The second-order valence-corrected chi connectivity index (χ2v) is 4.49. The van der Waals surface area contributed by atoms with Gasteiger partial charge >= 0.3 is 6.18 Å². The molecule has 3 nitrogen and oxygen atoms in total. The van der Waals surface area contributed by atoms with Gasteiger partial charge in [-0.3, -0.25) is 0 Å². The van der Waals surface area contributed by atoms with E-state index in [1.807, 2.05) is 0 Å². The lowest BCUT2D eigenvalue weighted by Crippen LogP contribution is -2.09. The van der Waals surface area contributed by atoms with E-state index in [1.54, 1.807) is 24.3 Å². The summed E-state index contributed by atoms with van der Waals surface area (Å²) in [6.45, 7) is 0. The van der Waals surface area contributed by atoms with Gasteiger partial charge in [0.25, 0.3) is 0 Å². The van der Waals surface area contributed by atoms with Gasteiger partial charge in [0.05, 0.1) is 16.6 Å². The predicted molar refractivity (Wildman–Crippen MR) is 74.4 cm³/mol. The van der Waals surface area contributed by atoms with Crippen LogP contribution < -0.4 is 5.73 Å². The summed E-state index contributed by atoms with van der Waals surface area (Å²) < 4.78 is 39.3. The summed E-state index contributed by atoms with van der Waals surface area (Å²) in [7, 11) is 0. The molecule has 6 heteroatoms.